The van der Waals surface area contributed by atoms with Gasteiger partial charge in [0.25, 0.3) is 0 Å². The second-order valence-corrected chi connectivity index (χ2v) is 9.84. The third-order valence-electron chi connectivity index (χ3n) is 6.41. The molecule has 0 unspecified atom stereocenters. The minimum absolute atomic E-state index is 0.180. The molecule has 1 heterocycles. The number of rotatable bonds is 14. The Labute approximate surface area is 230 Å². The van der Waals surface area contributed by atoms with Crippen molar-refractivity contribution in [2.24, 2.45) is 0 Å². The lowest BCUT2D eigenvalue weighted by Crippen LogP contribution is -2.61. The average Bonchev–Trinajstić information content (AvgIpc) is 2.97. The second kappa shape index (κ2) is 14.6. The molecule has 0 aliphatic carbocycles. The molecule has 3 aromatic carbocycles. The van der Waals surface area contributed by atoms with E-state index in [0.29, 0.717) is 13.2 Å². The minimum Gasteiger partial charge on any atom is -0.385 e. The lowest BCUT2D eigenvalue weighted by Gasteiger charge is -2.44. The van der Waals surface area contributed by atoms with Crippen LogP contribution in [0, 0.1) is 0 Å². The van der Waals surface area contributed by atoms with Crippen LogP contribution < -0.4 is 0 Å². The van der Waals surface area contributed by atoms with Gasteiger partial charge in [0.2, 0.25) is 6.29 Å². The molecule has 5 atom stereocenters. The van der Waals surface area contributed by atoms with Crippen LogP contribution in [0.1, 0.15) is 30.5 Å². The summed E-state index contributed by atoms with van der Waals surface area (Å²) in [5.41, 5.74) is 2.98. The molecule has 8 heteroatoms. The molecule has 3 aromatic rings. The van der Waals surface area contributed by atoms with Gasteiger partial charge in [0, 0.05) is 7.11 Å². The van der Waals surface area contributed by atoms with E-state index in [4.69, 9.17) is 33.5 Å². The predicted molar refractivity (Wildman–Crippen MR) is 144 cm³/mol. The summed E-state index contributed by atoms with van der Waals surface area (Å²) >= 11 is 0. The predicted octanol–water partition coefficient (Wildman–Crippen LogP) is 4.79. The summed E-state index contributed by atoms with van der Waals surface area (Å²) in [6.45, 7) is 4.53. The normalized spacial score (nSPS) is 23.5. The van der Waals surface area contributed by atoms with Crippen molar-refractivity contribution in [1.29, 1.82) is 0 Å². The fraction of sp³-hybridized carbons (Fsp3) is 0.419. The van der Waals surface area contributed by atoms with E-state index in [1.165, 1.54) is 7.11 Å². The third-order valence-corrected chi connectivity index (χ3v) is 6.41. The SMILES string of the molecule is COC(C)(C)OO[C@H]1O[C@H](COCc2ccccc2)[C@@H](OCc2ccccc2)[C@@H](OCc2ccccc2)[C@@H]1O. The highest BCUT2D eigenvalue weighted by Crippen LogP contribution is 2.30. The van der Waals surface area contributed by atoms with E-state index in [9.17, 15) is 5.11 Å². The van der Waals surface area contributed by atoms with Gasteiger partial charge >= 0.3 is 0 Å². The van der Waals surface area contributed by atoms with Gasteiger partial charge in [0.05, 0.1) is 26.4 Å². The summed E-state index contributed by atoms with van der Waals surface area (Å²) < 4.78 is 30.1. The van der Waals surface area contributed by atoms with E-state index in [0.717, 1.165) is 16.7 Å². The molecule has 0 bridgehead atoms. The van der Waals surface area contributed by atoms with E-state index >= 15 is 0 Å². The Bertz CT molecular complexity index is 1080. The van der Waals surface area contributed by atoms with Gasteiger partial charge in [-0.1, -0.05) is 91.0 Å². The second-order valence-electron chi connectivity index (χ2n) is 9.84. The van der Waals surface area contributed by atoms with Crippen LogP contribution in [0.15, 0.2) is 91.0 Å². The molecule has 0 saturated carbocycles. The van der Waals surface area contributed by atoms with Crippen molar-refractivity contribution in [3.05, 3.63) is 108 Å². The third kappa shape index (κ3) is 8.93. The van der Waals surface area contributed by atoms with Crippen LogP contribution in [-0.4, -0.2) is 55.3 Å². The first kappa shape index (κ1) is 29.3. The van der Waals surface area contributed by atoms with Gasteiger partial charge in [-0.15, -0.1) is 0 Å². The molecule has 210 valence electrons. The van der Waals surface area contributed by atoms with Crippen LogP contribution in [0.2, 0.25) is 0 Å². The van der Waals surface area contributed by atoms with Gasteiger partial charge in [-0.3, -0.25) is 0 Å². The molecule has 1 fully saturated rings. The van der Waals surface area contributed by atoms with Crippen molar-refractivity contribution in [1.82, 2.24) is 0 Å². The topological polar surface area (TPSA) is 84.8 Å². The standard InChI is InChI=1S/C31H38O8/c1-31(2,33-3)39-38-30-27(32)29(36-21-25-17-11-6-12-18-25)28(35-20-24-15-9-5-10-16-24)26(37-30)22-34-19-23-13-7-4-8-14-23/h4-18,26-30,32H,19-22H2,1-3H3/t26-,27+,28-,29+,30-/m1/s1. The number of aliphatic hydroxyl groups is 1. The molecule has 0 aromatic heterocycles. The Kier molecular flexibility index (Phi) is 11.0. The molecule has 0 radical (unpaired) electrons. The average molecular weight is 539 g/mol. The maximum absolute atomic E-state index is 11.3. The van der Waals surface area contributed by atoms with Crippen molar-refractivity contribution in [3.63, 3.8) is 0 Å². The van der Waals surface area contributed by atoms with Crippen LogP contribution in [0.3, 0.4) is 0 Å². The zero-order valence-corrected chi connectivity index (χ0v) is 22.7. The largest absolute Gasteiger partial charge is 0.385 e. The highest BCUT2D eigenvalue weighted by molar-refractivity contribution is 5.15. The minimum atomic E-state index is -1.22. The van der Waals surface area contributed by atoms with Gasteiger partial charge in [-0.05, 0) is 30.5 Å². The quantitative estimate of drug-likeness (QED) is 0.178. The molecule has 1 aliphatic rings. The number of hydrogen-bond acceptors (Lipinski definition) is 8. The summed E-state index contributed by atoms with van der Waals surface area (Å²) in [7, 11) is 1.50. The molecule has 39 heavy (non-hydrogen) atoms. The number of hydrogen-bond donors (Lipinski definition) is 1. The molecule has 1 saturated heterocycles. The Hall–Kier alpha value is -2.66. The first-order valence-electron chi connectivity index (χ1n) is 13.1. The number of benzene rings is 3. The lowest BCUT2D eigenvalue weighted by atomic mass is 9.98. The van der Waals surface area contributed by atoms with Gasteiger partial charge in [0.1, 0.15) is 24.4 Å². The molecule has 1 aliphatic heterocycles. The zero-order chi connectivity index (χ0) is 27.5. The number of ether oxygens (including phenoxy) is 5. The lowest BCUT2D eigenvalue weighted by molar-refractivity contribution is -0.487. The molecule has 8 nitrogen and oxygen atoms in total. The van der Waals surface area contributed by atoms with Gasteiger partial charge in [0.15, 0.2) is 5.79 Å². The van der Waals surface area contributed by atoms with Gasteiger partial charge in [-0.2, -0.15) is 9.78 Å². The first-order valence-corrected chi connectivity index (χ1v) is 13.1. The van der Waals surface area contributed by atoms with Crippen molar-refractivity contribution in [2.45, 2.75) is 70.2 Å². The van der Waals surface area contributed by atoms with Crippen LogP contribution in [0.5, 0.6) is 0 Å². The van der Waals surface area contributed by atoms with Crippen LogP contribution in [-0.2, 0) is 53.3 Å². The highest BCUT2D eigenvalue weighted by Gasteiger charge is 2.48. The maximum Gasteiger partial charge on any atom is 0.220 e. The maximum atomic E-state index is 11.3. The van der Waals surface area contributed by atoms with E-state index < -0.39 is 36.5 Å². The smallest absolute Gasteiger partial charge is 0.220 e. The molecular formula is C31H38O8. The van der Waals surface area contributed by atoms with Crippen molar-refractivity contribution in [3.8, 4) is 0 Å². The van der Waals surface area contributed by atoms with Gasteiger partial charge < -0.3 is 28.8 Å². The van der Waals surface area contributed by atoms with Crippen molar-refractivity contribution in [2.75, 3.05) is 13.7 Å². The van der Waals surface area contributed by atoms with Crippen molar-refractivity contribution >= 4 is 0 Å². The molecular weight excluding hydrogens is 500 g/mol. The Morgan fingerprint density at radius 2 is 1.21 bits per heavy atom. The number of methoxy groups -OCH3 is 1. The molecule has 0 spiro atoms. The summed E-state index contributed by atoms with van der Waals surface area (Å²) in [5, 5.41) is 11.3. The van der Waals surface area contributed by atoms with Gasteiger partial charge in [-0.25, -0.2) is 0 Å². The van der Waals surface area contributed by atoms with Crippen LogP contribution in [0.4, 0.5) is 0 Å². The first-order chi connectivity index (χ1) is 18.9. The van der Waals surface area contributed by atoms with E-state index in [1.807, 2.05) is 91.0 Å². The fourth-order valence-electron chi connectivity index (χ4n) is 4.10. The van der Waals surface area contributed by atoms with E-state index in [2.05, 4.69) is 0 Å². The Morgan fingerprint density at radius 3 is 1.72 bits per heavy atom. The summed E-state index contributed by atoms with van der Waals surface area (Å²) in [6.07, 6.45) is -4.46. The molecule has 1 N–H and O–H groups in total. The fourth-order valence-corrected chi connectivity index (χ4v) is 4.10. The summed E-state index contributed by atoms with van der Waals surface area (Å²) in [5.74, 6) is -1.05. The molecule has 0 amide bonds. The monoisotopic (exact) mass is 538 g/mol. The van der Waals surface area contributed by atoms with Crippen LogP contribution in [0.25, 0.3) is 0 Å². The van der Waals surface area contributed by atoms with E-state index in [1.54, 1.807) is 13.8 Å². The summed E-state index contributed by atoms with van der Waals surface area (Å²) in [4.78, 5) is 11.0. The van der Waals surface area contributed by atoms with E-state index in [-0.39, 0.29) is 13.2 Å². The molecule has 4 rings (SSSR count). The Balaban J connectivity index is 1.53. The Morgan fingerprint density at radius 1 is 0.718 bits per heavy atom. The van der Waals surface area contributed by atoms with Crippen molar-refractivity contribution < 1.29 is 38.6 Å². The van der Waals surface area contributed by atoms with Crippen LogP contribution >= 0.6 is 0 Å². The number of aliphatic hydroxyl groups excluding tert-OH is 1. The summed E-state index contributed by atoms with van der Waals surface area (Å²) in [6, 6.07) is 29.4. The highest BCUT2D eigenvalue weighted by atomic mass is 17.3. The zero-order valence-electron chi connectivity index (χ0n) is 22.7.